The Morgan fingerprint density at radius 1 is 1.27 bits per heavy atom. The largest absolute Gasteiger partial charge is 0.318 e. The van der Waals surface area contributed by atoms with Crippen LogP contribution in [0.1, 0.15) is 34.6 Å². The second kappa shape index (κ2) is 9.05. The molecule has 136 valence electrons. The molecule has 0 fully saturated rings. The van der Waals surface area contributed by atoms with Gasteiger partial charge in [0, 0.05) is 36.8 Å². The van der Waals surface area contributed by atoms with E-state index in [1.165, 1.54) is 46.4 Å². The predicted octanol–water partition coefficient (Wildman–Crippen LogP) is 3.85. The van der Waals surface area contributed by atoms with Gasteiger partial charge in [-0.15, -0.1) is 11.3 Å². The lowest BCUT2D eigenvalue weighted by Crippen LogP contribution is -2.19. The number of amides is 1. The fraction of sp³-hybridized carbons (Fsp3) is 0.211. The van der Waals surface area contributed by atoms with E-state index in [4.69, 9.17) is 0 Å². The summed E-state index contributed by atoms with van der Waals surface area (Å²) >= 11 is 1.33. The summed E-state index contributed by atoms with van der Waals surface area (Å²) in [5.41, 5.74) is 1.03. The van der Waals surface area contributed by atoms with Crippen molar-refractivity contribution in [3.05, 3.63) is 81.0 Å². The van der Waals surface area contributed by atoms with Gasteiger partial charge in [-0.1, -0.05) is 26.0 Å². The Morgan fingerprint density at radius 2 is 2.04 bits per heavy atom. The SMILES string of the molecule is CC.Cn1cc(C(=O)Nc2ncc(Cc3cccc(F)c3)s2)ccc1=O. The molecule has 0 aliphatic heterocycles. The molecule has 0 unspecified atom stereocenters. The number of rotatable bonds is 4. The van der Waals surface area contributed by atoms with Crippen LogP contribution >= 0.6 is 11.3 Å². The number of aryl methyl sites for hydroxylation is 1. The molecule has 0 spiro atoms. The van der Waals surface area contributed by atoms with Crippen LogP contribution < -0.4 is 10.9 Å². The van der Waals surface area contributed by atoms with Crippen molar-refractivity contribution < 1.29 is 9.18 Å². The van der Waals surface area contributed by atoms with Crippen LogP contribution in [-0.2, 0) is 13.5 Å². The van der Waals surface area contributed by atoms with Gasteiger partial charge in [0.25, 0.3) is 5.91 Å². The molecule has 5 nitrogen and oxygen atoms in total. The third kappa shape index (κ3) is 5.10. The molecular weight excluding hydrogens is 353 g/mol. The van der Waals surface area contributed by atoms with Crippen LogP contribution in [0.3, 0.4) is 0 Å². The molecule has 2 aromatic heterocycles. The first-order valence-corrected chi connectivity index (χ1v) is 9.00. The quantitative estimate of drug-likeness (QED) is 0.755. The molecule has 0 bridgehead atoms. The Balaban J connectivity index is 0.00000117. The van der Waals surface area contributed by atoms with E-state index in [9.17, 15) is 14.0 Å². The number of benzene rings is 1. The Morgan fingerprint density at radius 3 is 2.73 bits per heavy atom. The molecule has 0 saturated heterocycles. The number of carbonyl (C=O) groups is 1. The molecule has 3 aromatic rings. The Kier molecular flexibility index (Phi) is 6.80. The number of carbonyl (C=O) groups excluding carboxylic acids is 1. The van der Waals surface area contributed by atoms with Crippen LogP contribution in [0.2, 0.25) is 0 Å². The van der Waals surface area contributed by atoms with Gasteiger partial charge in [0.15, 0.2) is 5.13 Å². The van der Waals surface area contributed by atoms with E-state index < -0.39 is 0 Å². The Hall–Kier alpha value is -2.80. The van der Waals surface area contributed by atoms with Gasteiger partial charge < -0.3 is 4.57 Å². The van der Waals surface area contributed by atoms with Crippen LogP contribution in [0.15, 0.2) is 53.6 Å². The first-order valence-electron chi connectivity index (χ1n) is 8.18. The summed E-state index contributed by atoms with van der Waals surface area (Å²) in [7, 11) is 1.58. The molecule has 0 radical (unpaired) electrons. The molecule has 1 aromatic carbocycles. The average Bonchev–Trinajstić information content (AvgIpc) is 3.06. The fourth-order valence-corrected chi connectivity index (χ4v) is 3.03. The predicted molar refractivity (Wildman–Crippen MR) is 102 cm³/mol. The van der Waals surface area contributed by atoms with E-state index in [0.717, 1.165) is 10.4 Å². The van der Waals surface area contributed by atoms with Crippen LogP contribution in [0.4, 0.5) is 9.52 Å². The first kappa shape index (κ1) is 19.5. The lowest BCUT2D eigenvalue weighted by molar-refractivity contribution is 0.102. The van der Waals surface area contributed by atoms with Crippen molar-refractivity contribution in [3.63, 3.8) is 0 Å². The molecule has 2 heterocycles. The van der Waals surface area contributed by atoms with E-state index in [0.29, 0.717) is 17.1 Å². The van der Waals surface area contributed by atoms with Crippen molar-refractivity contribution >= 4 is 22.4 Å². The van der Waals surface area contributed by atoms with E-state index >= 15 is 0 Å². The summed E-state index contributed by atoms with van der Waals surface area (Å²) in [5.74, 6) is -0.613. The maximum absolute atomic E-state index is 13.2. The number of thiazole rings is 1. The van der Waals surface area contributed by atoms with Gasteiger partial charge in [0.1, 0.15) is 5.82 Å². The number of hydrogen-bond acceptors (Lipinski definition) is 4. The molecule has 0 saturated carbocycles. The number of aromatic nitrogens is 2. The summed E-state index contributed by atoms with van der Waals surface area (Å²) in [6.07, 6.45) is 3.68. The second-order valence-electron chi connectivity index (χ2n) is 5.26. The zero-order valence-electron chi connectivity index (χ0n) is 14.8. The first-order chi connectivity index (χ1) is 12.5. The zero-order valence-corrected chi connectivity index (χ0v) is 15.6. The van der Waals surface area contributed by atoms with Crippen molar-refractivity contribution in [2.75, 3.05) is 5.32 Å². The number of nitrogens with zero attached hydrogens (tertiary/aromatic N) is 2. The molecule has 7 heteroatoms. The van der Waals surface area contributed by atoms with Crippen molar-refractivity contribution in [2.24, 2.45) is 7.05 Å². The van der Waals surface area contributed by atoms with Crippen molar-refractivity contribution in [1.82, 2.24) is 9.55 Å². The molecule has 1 amide bonds. The standard InChI is InChI=1S/C17H14FN3O2S.C2H6/c1-21-10-12(5-6-15(21)22)16(23)20-17-19-9-14(24-17)8-11-3-2-4-13(18)7-11;1-2/h2-7,9-10H,8H2,1H3,(H,19,20,23);1-2H3. The number of hydrogen-bond donors (Lipinski definition) is 1. The number of anilines is 1. The molecule has 0 aliphatic rings. The summed E-state index contributed by atoms with van der Waals surface area (Å²) in [6, 6.07) is 9.18. The zero-order chi connectivity index (χ0) is 19.1. The smallest absolute Gasteiger partial charge is 0.258 e. The number of pyridine rings is 1. The van der Waals surface area contributed by atoms with Crippen LogP contribution in [0.25, 0.3) is 0 Å². The third-order valence-corrected chi connectivity index (χ3v) is 4.30. The third-order valence-electron chi connectivity index (χ3n) is 3.39. The molecule has 0 atom stereocenters. The van der Waals surface area contributed by atoms with Crippen molar-refractivity contribution in [3.8, 4) is 0 Å². The van der Waals surface area contributed by atoms with Crippen LogP contribution in [-0.4, -0.2) is 15.5 Å². The van der Waals surface area contributed by atoms with E-state index in [-0.39, 0.29) is 17.3 Å². The minimum Gasteiger partial charge on any atom is -0.318 e. The highest BCUT2D eigenvalue weighted by molar-refractivity contribution is 7.15. The molecule has 26 heavy (non-hydrogen) atoms. The van der Waals surface area contributed by atoms with Gasteiger partial charge in [-0.3, -0.25) is 14.9 Å². The minimum atomic E-state index is -0.336. The highest BCUT2D eigenvalue weighted by Gasteiger charge is 2.10. The van der Waals surface area contributed by atoms with Crippen molar-refractivity contribution in [2.45, 2.75) is 20.3 Å². The monoisotopic (exact) mass is 373 g/mol. The highest BCUT2D eigenvalue weighted by atomic mass is 32.1. The Bertz CT molecular complexity index is 950. The Labute approximate surface area is 155 Å². The topological polar surface area (TPSA) is 64.0 Å². The normalized spacial score (nSPS) is 10.0. The van der Waals surface area contributed by atoms with Crippen LogP contribution in [0.5, 0.6) is 0 Å². The van der Waals surface area contributed by atoms with Gasteiger partial charge >= 0.3 is 0 Å². The lowest BCUT2D eigenvalue weighted by Gasteiger charge is -2.03. The van der Waals surface area contributed by atoms with E-state index in [2.05, 4.69) is 10.3 Å². The van der Waals surface area contributed by atoms with E-state index in [1.807, 2.05) is 19.9 Å². The van der Waals surface area contributed by atoms with Gasteiger partial charge in [0.05, 0.1) is 5.56 Å². The minimum absolute atomic E-state index is 0.182. The van der Waals surface area contributed by atoms with Gasteiger partial charge in [-0.2, -0.15) is 0 Å². The molecule has 3 rings (SSSR count). The van der Waals surface area contributed by atoms with Crippen molar-refractivity contribution in [1.29, 1.82) is 0 Å². The maximum Gasteiger partial charge on any atom is 0.258 e. The molecule has 0 aliphatic carbocycles. The summed E-state index contributed by atoms with van der Waals surface area (Å²) < 4.78 is 14.5. The van der Waals surface area contributed by atoms with Gasteiger partial charge in [-0.05, 0) is 23.8 Å². The molecule has 1 N–H and O–H groups in total. The highest BCUT2D eigenvalue weighted by Crippen LogP contribution is 2.22. The summed E-state index contributed by atoms with van der Waals surface area (Å²) in [4.78, 5) is 28.6. The summed E-state index contributed by atoms with van der Waals surface area (Å²) in [5, 5.41) is 3.16. The van der Waals surface area contributed by atoms with E-state index in [1.54, 1.807) is 19.3 Å². The van der Waals surface area contributed by atoms with Gasteiger partial charge in [-0.25, -0.2) is 9.37 Å². The lowest BCUT2D eigenvalue weighted by atomic mass is 10.1. The number of nitrogens with one attached hydrogen (secondary N) is 1. The van der Waals surface area contributed by atoms with Gasteiger partial charge in [0.2, 0.25) is 5.56 Å². The maximum atomic E-state index is 13.2. The van der Waals surface area contributed by atoms with Crippen LogP contribution in [0, 0.1) is 5.82 Å². The number of halogens is 1. The average molecular weight is 373 g/mol. The summed E-state index contributed by atoms with van der Waals surface area (Å²) in [6.45, 7) is 4.00. The fourth-order valence-electron chi connectivity index (χ4n) is 2.19. The molecular formula is C19H20FN3O2S. The second-order valence-corrected chi connectivity index (χ2v) is 6.37.